The van der Waals surface area contributed by atoms with E-state index in [1.807, 2.05) is 78.9 Å². The van der Waals surface area contributed by atoms with E-state index in [0.29, 0.717) is 21.6 Å². The van der Waals surface area contributed by atoms with Crippen molar-refractivity contribution in [2.45, 2.75) is 0 Å². The van der Waals surface area contributed by atoms with E-state index in [-0.39, 0.29) is 0 Å². The molecular weight excluding hydrogens is 354 g/mol. The van der Waals surface area contributed by atoms with Gasteiger partial charge >= 0.3 is 7.12 Å². The van der Waals surface area contributed by atoms with Gasteiger partial charge in [0.15, 0.2) is 11.5 Å². The van der Waals surface area contributed by atoms with Gasteiger partial charge in [0.25, 0.3) is 0 Å². The van der Waals surface area contributed by atoms with Crippen molar-refractivity contribution < 1.29 is 9.31 Å². The van der Waals surface area contributed by atoms with Gasteiger partial charge in [0.2, 0.25) is 0 Å². The molecule has 2 nitrogen and oxygen atoms in total. The van der Waals surface area contributed by atoms with Crippen LogP contribution >= 0.6 is 23.2 Å². The Balaban J connectivity index is 1.76. The van der Waals surface area contributed by atoms with E-state index in [4.69, 9.17) is 32.5 Å². The van der Waals surface area contributed by atoms with E-state index in [0.717, 1.165) is 16.6 Å². The van der Waals surface area contributed by atoms with E-state index in [1.54, 1.807) is 0 Å². The number of halogens is 2. The van der Waals surface area contributed by atoms with Crippen LogP contribution in [0.5, 0.6) is 0 Å². The minimum atomic E-state index is -0.488. The summed E-state index contributed by atoms with van der Waals surface area (Å²) < 4.78 is 12.3. The maximum atomic E-state index is 6.15. The second-order valence-corrected chi connectivity index (χ2v) is 6.52. The van der Waals surface area contributed by atoms with Gasteiger partial charge in [-0.15, -0.1) is 0 Å². The lowest BCUT2D eigenvalue weighted by Crippen LogP contribution is -2.31. The fraction of sp³-hybridized carbons (Fsp3) is 0. The van der Waals surface area contributed by atoms with Gasteiger partial charge in [0, 0.05) is 26.6 Å². The summed E-state index contributed by atoms with van der Waals surface area (Å²) in [7, 11) is -0.488. The number of hydrogen-bond acceptors (Lipinski definition) is 2. The van der Waals surface area contributed by atoms with Crippen molar-refractivity contribution in [2.75, 3.05) is 0 Å². The molecule has 0 aliphatic carbocycles. The SMILES string of the molecule is Clc1ccc(C2=C(c3ccc(Cl)cc3)OB(c3ccccc3)O2)cc1. The molecule has 25 heavy (non-hydrogen) atoms. The van der Waals surface area contributed by atoms with Crippen LogP contribution in [0.1, 0.15) is 11.1 Å². The first-order valence-electron chi connectivity index (χ1n) is 7.85. The van der Waals surface area contributed by atoms with Crippen molar-refractivity contribution in [1.82, 2.24) is 0 Å². The van der Waals surface area contributed by atoms with Crippen LogP contribution in [0.2, 0.25) is 10.0 Å². The summed E-state index contributed by atoms with van der Waals surface area (Å²) in [5, 5.41) is 1.35. The molecule has 5 heteroatoms. The second-order valence-electron chi connectivity index (χ2n) is 5.65. The van der Waals surface area contributed by atoms with Crippen molar-refractivity contribution in [1.29, 1.82) is 0 Å². The zero-order valence-corrected chi connectivity index (χ0v) is 14.7. The lowest BCUT2D eigenvalue weighted by Gasteiger charge is -2.07. The molecule has 0 spiro atoms. The first kappa shape index (κ1) is 16.1. The number of benzene rings is 3. The minimum Gasteiger partial charge on any atom is -0.519 e. The van der Waals surface area contributed by atoms with Crippen LogP contribution in [0.4, 0.5) is 0 Å². The number of hydrogen-bond donors (Lipinski definition) is 0. The largest absolute Gasteiger partial charge is 0.632 e. The molecule has 0 N–H and O–H groups in total. The summed E-state index contributed by atoms with van der Waals surface area (Å²) in [6.07, 6.45) is 0. The van der Waals surface area contributed by atoms with Crippen LogP contribution < -0.4 is 5.46 Å². The summed E-state index contributed by atoms with van der Waals surface area (Å²) in [5.41, 5.74) is 2.78. The van der Waals surface area contributed by atoms with Gasteiger partial charge in [-0.25, -0.2) is 0 Å². The quantitative estimate of drug-likeness (QED) is 0.588. The molecule has 122 valence electrons. The van der Waals surface area contributed by atoms with Gasteiger partial charge in [-0.2, -0.15) is 0 Å². The van der Waals surface area contributed by atoms with Gasteiger partial charge in [0.1, 0.15) is 0 Å². The topological polar surface area (TPSA) is 18.5 Å². The highest BCUT2D eigenvalue weighted by Gasteiger charge is 2.37. The van der Waals surface area contributed by atoms with Crippen LogP contribution in [0.15, 0.2) is 78.9 Å². The molecule has 0 amide bonds. The Morgan fingerprint density at radius 1 is 0.560 bits per heavy atom. The molecular formula is C20H13BCl2O2. The lowest BCUT2D eigenvalue weighted by atomic mass is 9.79. The molecule has 0 aromatic heterocycles. The third-order valence-corrected chi connectivity index (χ3v) is 4.44. The van der Waals surface area contributed by atoms with Crippen molar-refractivity contribution >= 4 is 47.3 Å². The first-order chi connectivity index (χ1) is 12.2. The average molecular weight is 367 g/mol. The predicted molar refractivity (Wildman–Crippen MR) is 104 cm³/mol. The van der Waals surface area contributed by atoms with E-state index in [9.17, 15) is 0 Å². The van der Waals surface area contributed by atoms with Gasteiger partial charge < -0.3 is 9.31 Å². The maximum absolute atomic E-state index is 6.15. The first-order valence-corrected chi connectivity index (χ1v) is 8.61. The van der Waals surface area contributed by atoms with E-state index >= 15 is 0 Å². The molecule has 0 radical (unpaired) electrons. The van der Waals surface area contributed by atoms with Crippen molar-refractivity contribution in [2.24, 2.45) is 0 Å². The lowest BCUT2D eigenvalue weighted by molar-refractivity contribution is 0.445. The summed E-state index contributed by atoms with van der Waals surface area (Å²) >= 11 is 12.0. The predicted octanol–water partition coefficient (Wildman–Crippen LogP) is 5.26. The molecule has 0 fully saturated rings. The molecule has 4 rings (SSSR count). The van der Waals surface area contributed by atoms with E-state index in [2.05, 4.69) is 0 Å². The van der Waals surface area contributed by atoms with Gasteiger partial charge in [-0.3, -0.25) is 0 Å². The molecule has 0 bridgehead atoms. The normalized spacial score (nSPS) is 13.6. The monoisotopic (exact) mass is 366 g/mol. The Morgan fingerprint density at radius 3 is 1.44 bits per heavy atom. The van der Waals surface area contributed by atoms with Crippen LogP contribution in [0.3, 0.4) is 0 Å². The van der Waals surface area contributed by atoms with Gasteiger partial charge in [-0.05, 0) is 48.5 Å². The van der Waals surface area contributed by atoms with Crippen molar-refractivity contribution in [3.05, 3.63) is 100 Å². The Hall–Kier alpha value is -2.36. The molecule has 0 saturated heterocycles. The van der Waals surface area contributed by atoms with Crippen LogP contribution in [-0.2, 0) is 9.31 Å². The molecule has 1 aliphatic heterocycles. The second kappa shape index (κ2) is 6.87. The summed E-state index contributed by atoms with van der Waals surface area (Å²) in [4.78, 5) is 0. The molecule has 0 saturated carbocycles. The molecule has 3 aromatic rings. The molecule has 0 atom stereocenters. The molecule has 3 aromatic carbocycles. The highest BCUT2D eigenvalue weighted by Crippen LogP contribution is 2.35. The Labute approximate surface area is 156 Å². The van der Waals surface area contributed by atoms with Crippen LogP contribution in [0.25, 0.3) is 11.5 Å². The Kier molecular flexibility index (Phi) is 4.43. The number of rotatable bonds is 3. The smallest absolute Gasteiger partial charge is 0.519 e. The molecule has 1 heterocycles. The third-order valence-electron chi connectivity index (χ3n) is 3.94. The van der Waals surface area contributed by atoms with Crippen molar-refractivity contribution in [3.8, 4) is 0 Å². The van der Waals surface area contributed by atoms with Crippen LogP contribution in [-0.4, -0.2) is 7.12 Å². The highest BCUT2D eigenvalue weighted by atomic mass is 35.5. The maximum Gasteiger partial charge on any atom is 0.632 e. The fourth-order valence-corrected chi connectivity index (χ4v) is 2.94. The zero-order valence-electron chi connectivity index (χ0n) is 13.2. The average Bonchev–Trinajstić information content (AvgIpc) is 3.09. The minimum absolute atomic E-state index is 0.488. The fourth-order valence-electron chi connectivity index (χ4n) is 2.69. The highest BCUT2D eigenvalue weighted by molar-refractivity contribution is 6.64. The molecule has 0 unspecified atom stereocenters. The Morgan fingerprint density at radius 2 is 1.00 bits per heavy atom. The summed E-state index contributed by atoms with van der Waals surface area (Å²) in [5.74, 6) is 1.38. The summed E-state index contributed by atoms with van der Waals surface area (Å²) in [6, 6.07) is 24.9. The summed E-state index contributed by atoms with van der Waals surface area (Å²) in [6.45, 7) is 0. The third kappa shape index (κ3) is 3.39. The zero-order chi connectivity index (χ0) is 17.2. The Bertz CT molecular complexity index is 849. The van der Waals surface area contributed by atoms with Gasteiger partial charge in [0.05, 0.1) is 0 Å². The standard InChI is InChI=1S/C20H13BCl2O2/c22-17-10-6-14(7-11-17)19-20(15-8-12-18(23)13-9-15)25-21(24-19)16-4-2-1-3-5-16/h1-13H. The van der Waals surface area contributed by atoms with Crippen molar-refractivity contribution in [3.63, 3.8) is 0 Å². The van der Waals surface area contributed by atoms with Crippen LogP contribution in [0, 0.1) is 0 Å². The van der Waals surface area contributed by atoms with E-state index < -0.39 is 7.12 Å². The molecule has 1 aliphatic rings. The van der Waals surface area contributed by atoms with Gasteiger partial charge in [-0.1, -0.05) is 53.5 Å². The van der Waals surface area contributed by atoms with E-state index in [1.165, 1.54) is 0 Å².